The molecule has 0 aliphatic heterocycles. The summed E-state index contributed by atoms with van der Waals surface area (Å²) in [6, 6.07) is 13.1. The number of para-hydroxylation sites is 2. The van der Waals surface area contributed by atoms with Gasteiger partial charge >= 0.3 is 0 Å². The van der Waals surface area contributed by atoms with Gasteiger partial charge in [0, 0.05) is 12.4 Å². The molecule has 2 aromatic rings. The summed E-state index contributed by atoms with van der Waals surface area (Å²) in [5.41, 5.74) is 7.26. The molecular weight excluding hydrogens is 388 g/mol. The SMILES string of the molecule is CC(C)(C)c1cccc(C(C)(C)C)c1/N=C/C=N/c1c(C(C)(C)C)cccc1C(C)(C)C. The van der Waals surface area contributed by atoms with Crippen molar-refractivity contribution in [3.05, 3.63) is 58.7 Å². The minimum atomic E-state index is 0.0172. The third-order valence-electron chi connectivity index (χ3n) is 5.78. The second-order valence-electron chi connectivity index (χ2n) is 13.0. The van der Waals surface area contributed by atoms with Crippen LogP contribution in [0.4, 0.5) is 11.4 Å². The van der Waals surface area contributed by atoms with E-state index in [-0.39, 0.29) is 21.7 Å². The van der Waals surface area contributed by atoms with Gasteiger partial charge in [-0.1, -0.05) is 119 Å². The Hall–Kier alpha value is -2.22. The van der Waals surface area contributed by atoms with Gasteiger partial charge in [0.2, 0.25) is 0 Å². The first kappa shape index (κ1) is 26.0. The van der Waals surface area contributed by atoms with Gasteiger partial charge in [0.05, 0.1) is 11.4 Å². The Morgan fingerprint density at radius 3 is 0.844 bits per heavy atom. The molecule has 0 spiro atoms. The first-order chi connectivity index (χ1) is 14.4. The lowest BCUT2D eigenvalue weighted by atomic mass is 9.79. The zero-order valence-electron chi connectivity index (χ0n) is 22.5. The average Bonchev–Trinajstić information content (AvgIpc) is 2.61. The van der Waals surface area contributed by atoms with Crippen LogP contribution in [0.5, 0.6) is 0 Å². The van der Waals surface area contributed by atoms with Crippen LogP contribution >= 0.6 is 0 Å². The molecule has 0 heterocycles. The van der Waals surface area contributed by atoms with Crippen molar-refractivity contribution in [1.82, 2.24) is 0 Å². The maximum Gasteiger partial charge on any atom is 0.0704 e. The molecule has 0 aliphatic carbocycles. The van der Waals surface area contributed by atoms with E-state index in [1.54, 1.807) is 0 Å². The van der Waals surface area contributed by atoms with E-state index in [1.807, 2.05) is 12.4 Å². The van der Waals surface area contributed by atoms with Crippen LogP contribution in [-0.2, 0) is 21.7 Å². The Balaban J connectivity index is 2.60. The van der Waals surface area contributed by atoms with E-state index >= 15 is 0 Å². The lowest BCUT2D eigenvalue weighted by Gasteiger charge is -2.28. The van der Waals surface area contributed by atoms with Crippen LogP contribution in [0.25, 0.3) is 0 Å². The lowest BCUT2D eigenvalue weighted by molar-refractivity contribution is 0.570. The summed E-state index contributed by atoms with van der Waals surface area (Å²) in [5, 5.41) is 0. The van der Waals surface area contributed by atoms with E-state index < -0.39 is 0 Å². The van der Waals surface area contributed by atoms with Crippen LogP contribution in [-0.4, -0.2) is 12.4 Å². The summed E-state index contributed by atoms with van der Waals surface area (Å²) in [7, 11) is 0. The number of hydrogen-bond donors (Lipinski definition) is 0. The van der Waals surface area contributed by atoms with Gasteiger partial charge in [0.1, 0.15) is 0 Å². The van der Waals surface area contributed by atoms with Crippen molar-refractivity contribution in [1.29, 1.82) is 0 Å². The van der Waals surface area contributed by atoms with Crippen molar-refractivity contribution >= 4 is 23.8 Å². The third-order valence-corrected chi connectivity index (χ3v) is 5.78. The van der Waals surface area contributed by atoms with Gasteiger partial charge in [-0.2, -0.15) is 0 Å². The largest absolute Gasteiger partial charge is 0.255 e. The highest BCUT2D eigenvalue weighted by molar-refractivity contribution is 6.17. The van der Waals surface area contributed by atoms with Crippen LogP contribution < -0.4 is 0 Å². The number of rotatable bonds is 3. The number of nitrogens with zero attached hydrogens (tertiary/aromatic N) is 2. The monoisotopic (exact) mass is 432 g/mol. The summed E-state index contributed by atoms with van der Waals surface area (Å²) >= 11 is 0. The molecule has 2 heteroatoms. The normalized spacial score (nSPS) is 14.0. The molecule has 174 valence electrons. The predicted octanol–water partition coefficient (Wildman–Crippen LogP) is 8.98. The minimum absolute atomic E-state index is 0.0172. The minimum Gasteiger partial charge on any atom is -0.255 e. The summed E-state index contributed by atoms with van der Waals surface area (Å²) in [4.78, 5) is 9.93. The van der Waals surface area contributed by atoms with Crippen molar-refractivity contribution in [2.75, 3.05) is 0 Å². The summed E-state index contributed by atoms with van der Waals surface area (Å²) in [5.74, 6) is 0. The lowest BCUT2D eigenvalue weighted by Crippen LogP contribution is -2.17. The standard InChI is InChI=1S/C30H44N2/c1-27(2,3)21-15-13-16-22(28(4,5)6)25(21)31-19-20-32-26-23(29(7,8)9)17-14-18-24(26)30(10,11)12/h13-20H,1-12H3/b31-19+,32-20+. The summed E-state index contributed by atoms with van der Waals surface area (Å²) in [6.07, 6.45) is 3.73. The van der Waals surface area contributed by atoms with Crippen LogP contribution in [0, 0.1) is 0 Å². The van der Waals surface area contributed by atoms with Gasteiger partial charge in [0.15, 0.2) is 0 Å². The fraction of sp³-hybridized carbons (Fsp3) is 0.533. The topological polar surface area (TPSA) is 24.7 Å². The van der Waals surface area contributed by atoms with Crippen molar-refractivity contribution in [3.8, 4) is 0 Å². The van der Waals surface area contributed by atoms with Gasteiger partial charge in [-0.25, -0.2) is 0 Å². The van der Waals surface area contributed by atoms with Gasteiger partial charge in [0.25, 0.3) is 0 Å². The molecule has 0 amide bonds. The zero-order chi connectivity index (χ0) is 24.5. The van der Waals surface area contributed by atoms with Gasteiger partial charge in [-0.05, 0) is 43.9 Å². The molecular formula is C30H44N2. The Morgan fingerprint density at radius 1 is 0.438 bits per heavy atom. The Bertz CT molecular complexity index is 847. The number of aliphatic imine (C=N–C) groups is 2. The highest BCUT2D eigenvalue weighted by atomic mass is 14.8. The fourth-order valence-electron chi connectivity index (χ4n) is 4.00. The van der Waals surface area contributed by atoms with E-state index in [4.69, 9.17) is 9.98 Å². The van der Waals surface area contributed by atoms with Crippen LogP contribution in [0.3, 0.4) is 0 Å². The fourth-order valence-corrected chi connectivity index (χ4v) is 4.00. The predicted molar refractivity (Wildman–Crippen MR) is 144 cm³/mol. The molecule has 0 N–H and O–H groups in total. The van der Waals surface area contributed by atoms with Crippen molar-refractivity contribution in [2.45, 2.75) is 105 Å². The van der Waals surface area contributed by atoms with Crippen LogP contribution in [0.15, 0.2) is 46.4 Å². The van der Waals surface area contributed by atoms with E-state index in [2.05, 4.69) is 119 Å². The first-order valence-electron chi connectivity index (χ1n) is 11.8. The van der Waals surface area contributed by atoms with E-state index in [9.17, 15) is 0 Å². The van der Waals surface area contributed by atoms with Crippen LogP contribution in [0.2, 0.25) is 0 Å². The molecule has 0 bridgehead atoms. The molecule has 0 fully saturated rings. The quantitative estimate of drug-likeness (QED) is 0.432. The maximum absolute atomic E-state index is 4.96. The molecule has 0 aromatic heterocycles. The molecule has 32 heavy (non-hydrogen) atoms. The third kappa shape index (κ3) is 6.18. The molecule has 0 saturated heterocycles. The number of benzene rings is 2. The zero-order valence-corrected chi connectivity index (χ0v) is 22.5. The van der Waals surface area contributed by atoms with Gasteiger partial charge in [-0.15, -0.1) is 0 Å². The first-order valence-corrected chi connectivity index (χ1v) is 11.8. The highest BCUT2D eigenvalue weighted by Crippen LogP contribution is 2.40. The molecule has 2 aromatic carbocycles. The maximum atomic E-state index is 4.96. The van der Waals surface area contributed by atoms with Crippen molar-refractivity contribution in [2.24, 2.45) is 9.98 Å². The Morgan fingerprint density at radius 2 is 0.656 bits per heavy atom. The molecule has 2 rings (SSSR count). The van der Waals surface area contributed by atoms with Gasteiger partial charge in [-0.3, -0.25) is 9.98 Å². The van der Waals surface area contributed by atoms with E-state index in [0.29, 0.717) is 0 Å². The highest BCUT2D eigenvalue weighted by Gasteiger charge is 2.26. The molecule has 0 atom stereocenters. The van der Waals surface area contributed by atoms with E-state index in [0.717, 1.165) is 11.4 Å². The summed E-state index contributed by atoms with van der Waals surface area (Å²) < 4.78 is 0. The summed E-state index contributed by atoms with van der Waals surface area (Å²) in [6.45, 7) is 27.0. The second-order valence-corrected chi connectivity index (χ2v) is 13.0. The smallest absolute Gasteiger partial charge is 0.0704 e. The molecule has 0 saturated carbocycles. The molecule has 0 unspecified atom stereocenters. The van der Waals surface area contributed by atoms with E-state index in [1.165, 1.54) is 22.3 Å². The van der Waals surface area contributed by atoms with Crippen molar-refractivity contribution in [3.63, 3.8) is 0 Å². The van der Waals surface area contributed by atoms with Crippen LogP contribution in [0.1, 0.15) is 105 Å². The Labute approximate surface area is 197 Å². The number of hydrogen-bond acceptors (Lipinski definition) is 2. The second kappa shape index (κ2) is 8.96. The Kier molecular flexibility index (Phi) is 7.29. The van der Waals surface area contributed by atoms with Gasteiger partial charge < -0.3 is 0 Å². The molecule has 0 aliphatic rings. The molecule has 2 nitrogen and oxygen atoms in total. The average molecular weight is 433 g/mol. The molecule has 0 radical (unpaired) electrons. The van der Waals surface area contributed by atoms with Crippen molar-refractivity contribution < 1.29 is 0 Å².